The third-order valence-corrected chi connectivity index (χ3v) is 9.97. The molecule has 1 aliphatic carbocycles. The van der Waals surface area contributed by atoms with Crippen LogP contribution in [-0.2, 0) is 55.3 Å². The third kappa shape index (κ3) is 6.25. The molecule has 11 heteroatoms. The number of pyridine rings is 1. The number of benzene rings is 2. The van der Waals surface area contributed by atoms with Crippen LogP contribution in [0.2, 0.25) is 0 Å². The topological polar surface area (TPSA) is 133 Å². The summed E-state index contributed by atoms with van der Waals surface area (Å²) in [5.41, 5.74) is 4.01. The van der Waals surface area contributed by atoms with E-state index in [0.29, 0.717) is 56.8 Å². The first-order valence-electron chi connectivity index (χ1n) is 16.1. The van der Waals surface area contributed by atoms with E-state index < -0.39 is 10.8 Å². The Labute approximate surface area is 275 Å². The average Bonchev–Trinajstić information content (AvgIpc) is 3.58. The first-order valence-corrected chi connectivity index (χ1v) is 16.1. The minimum absolute atomic E-state index is 0.0182. The van der Waals surface area contributed by atoms with Gasteiger partial charge in [0.25, 0.3) is 0 Å². The number of ether oxygens (including phenoxy) is 1. The van der Waals surface area contributed by atoms with Crippen LogP contribution >= 0.6 is 0 Å². The Kier molecular flexibility index (Phi) is 9.11. The molecule has 0 bridgehead atoms. The Bertz CT molecular complexity index is 1700. The van der Waals surface area contributed by atoms with Gasteiger partial charge in [-0.3, -0.25) is 19.2 Å². The zero-order valence-electron chi connectivity index (χ0n) is 27.2. The van der Waals surface area contributed by atoms with E-state index in [4.69, 9.17) is 4.74 Å². The second kappa shape index (κ2) is 13.2. The standard InChI is InChI=1S/C36H42N6O5/c1-24(43)41-15-12-35(13-16-41,23-47-3)34(46)42(21-27-8-5-4-7-26(27)20-37-2)22-31(44)39-29-11-10-25-18-36(19-28(25)17-29)30-9-6-14-38-32(30)40-33(36)45/h4-11,14,17,37H,12-13,15-16,18-23H2,1-3H3,(H,39,44)(H,38,40,45)/t36-/m1/s1. The van der Waals surface area contributed by atoms with Gasteiger partial charge in [0.15, 0.2) is 0 Å². The van der Waals surface area contributed by atoms with Crippen LogP contribution in [0.5, 0.6) is 0 Å². The molecule has 4 amide bonds. The number of hydrogen-bond acceptors (Lipinski definition) is 7. The number of hydrogen-bond donors (Lipinski definition) is 3. The predicted molar refractivity (Wildman–Crippen MR) is 177 cm³/mol. The summed E-state index contributed by atoms with van der Waals surface area (Å²) < 4.78 is 5.58. The maximum atomic E-state index is 14.5. The molecule has 3 N–H and O–H groups in total. The zero-order chi connectivity index (χ0) is 33.2. The molecule has 1 saturated heterocycles. The van der Waals surface area contributed by atoms with Crippen molar-refractivity contribution in [2.24, 2.45) is 5.41 Å². The number of methoxy groups -OCH3 is 1. The number of anilines is 2. The van der Waals surface area contributed by atoms with E-state index in [0.717, 1.165) is 27.8 Å². The summed E-state index contributed by atoms with van der Waals surface area (Å²) in [4.78, 5) is 61.1. The number of rotatable bonds is 10. The summed E-state index contributed by atoms with van der Waals surface area (Å²) in [5.74, 6) is 0.0553. The van der Waals surface area contributed by atoms with Crippen molar-refractivity contribution in [3.05, 3.63) is 88.6 Å². The molecule has 246 valence electrons. The fourth-order valence-corrected chi connectivity index (χ4v) is 7.48. The van der Waals surface area contributed by atoms with Crippen LogP contribution < -0.4 is 16.0 Å². The molecule has 1 atom stereocenters. The first-order chi connectivity index (χ1) is 22.7. The molecule has 47 heavy (non-hydrogen) atoms. The number of aromatic nitrogens is 1. The lowest BCUT2D eigenvalue weighted by molar-refractivity contribution is -0.153. The molecule has 1 fully saturated rings. The fraction of sp³-hybridized carbons (Fsp3) is 0.417. The van der Waals surface area contributed by atoms with Crippen LogP contribution in [0.25, 0.3) is 0 Å². The normalized spacial score (nSPS) is 19.2. The highest BCUT2D eigenvalue weighted by atomic mass is 16.5. The zero-order valence-corrected chi connectivity index (χ0v) is 27.2. The van der Waals surface area contributed by atoms with Gasteiger partial charge in [0, 0.05) is 57.7 Å². The van der Waals surface area contributed by atoms with Crippen LogP contribution in [-0.4, -0.2) is 78.8 Å². The van der Waals surface area contributed by atoms with Crippen LogP contribution in [0.1, 0.15) is 47.6 Å². The minimum atomic E-state index is -0.853. The number of amides is 4. The predicted octanol–water partition coefficient (Wildman–Crippen LogP) is 3.03. The van der Waals surface area contributed by atoms with Gasteiger partial charge in [-0.05, 0) is 73.2 Å². The van der Waals surface area contributed by atoms with Crippen molar-refractivity contribution in [1.82, 2.24) is 20.1 Å². The van der Waals surface area contributed by atoms with Crippen molar-refractivity contribution in [2.45, 2.75) is 51.1 Å². The number of nitrogens with one attached hydrogen (secondary N) is 3. The Balaban J connectivity index is 1.23. The van der Waals surface area contributed by atoms with E-state index in [2.05, 4.69) is 20.9 Å². The molecule has 3 aromatic rings. The largest absolute Gasteiger partial charge is 0.384 e. The number of nitrogens with zero attached hydrogens (tertiary/aromatic N) is 3. The van der Waals surface area contributed by atoms with Gasteiger partial charge in [-0.25, -0.2) is 4.98 Å². The van der Waals surface area contributed by atoms with Crippen LogP contribution in [0.3, 0.4) is 0 Å². The second-order valence-electron chi connectivity index (χ2n) is 13.0. The van der Waals surface area contributed by atoms with Crippen molar-refractivity contribution >= 4 is 35.1 Å². The monoisotopic (exact) mass is 638 g/mol. The minimum Gasteiger partial charge on any atom is -0.384 e. The molecule has 2 aliphatic heterocycles. The van der Waals surface area contributed by atoms with E-state index in [1.165, 1.54) is 6.92 Å². The highest BCUT2D eigenvalue weighted by molar-refractivity contribution is 6.06. The molecular weight excluding hydrogens is 596 g/mol. The number of piperidine rings is 1. The quantitative estimate of drug-likeness (QED) is 0.311. The lowest BCUT2D eigenvalue weighted by Crippen LogP contribution is -2.54. The van der Waals surface area contributed by atoms with Crippen LogP contribution in [0.4, 0.5) is 11.5 Å². The van der Waals surface area contributed by atoms with Crippen molar-refractivity contribution in [2.75, 3.05) is 51.0 Å². The molecule has 1 aromatic heterocycles. The van der Waals surface area contributed by atoms with Gasteiger partial charge in [-0.1, -0.05) is 36.4 Å². The highest BCUT2D eigenvalue weighted by Crippen LogP contribution is 2.47. The number of carbonyl (C=O) groups excluding carboxylic acids is 4. The molecule has 3 aliphatic rings. The SMILES string of the molecule is CNCc1ccccc1CN(CC(=O)Nc1ccc2c(c1)C[C@@]1(C2)C(=O)Nc2ncccc21)C(=O)C1(COC)CCN(C(C)=O)CC1. The van der Waals surface area contributed by atoms with Crippen LogP contribution in [0, 0.1) is 5.41 Å². The maximum Gasteiger partial charge on any atom is 0.244 e. The van der Waals surface area contributed by atoms with Gasteiger partial charge in [0.2, 0.25) is 23.6 Å². The van der Waals surface area contributed by atoms with Gasteiger partial charge in [-0.2, -0.15) is 0 Å². The van der Waals surface area contributed by atoms with Crippen molar-refractivity contribution in [3.63, 3.8) is 0 Å². The number of carbonyl (C=O) groups is 4. The lowest BCUT2D eigenvalue weighted by Gasteiger charge is -2.42. The van der Waals surface area contributed by atoms with E-state index >= 15 is 0 Å². The Hall–Kier alpha value is -4.61. The van der Waals surface area contributed by atoms with E-state index in [1.54, 1.807) is 23.1 Å². The molecule has 6 rings (SSSR count). The third-order valence-electron chi connectivity index (χ3n) is 9.97. The maximum absolute atomic E-state index is 14.5. The molecule has 2 aromatic carbocycles. The number of fused-ring (bicyclic) bond motifs is 3. The molecular formula is C36H42N6O5. The molecule has 0 saturated carbocycles. The highest BCUT2D eigenvalue weighted by Gasteiger charge is 2.51. The molecule has 1 spiro atoms. The van der Waals surface area contributed by atoms with E-state index in [1.807, 2.05) is 61.6 Å². The summed E-state index contributed by atoms with van der Waals surface area (Å²) in [5, 5.41) is 9.14. The Morgan fingerprint density at radius 3 is 2.49 bits per heavy atom. The first kappa shape index (κ1) is 32.3. The van der Waals surface area contributed by atoms with Crippen molar-refractivity contribution < 1.29 is 23.9 Å². The van der Waals surface area contributed by atoms with E-state index in [9.17, 15) is 19.2 Å². The van der Waals surface area contributed by atoms with Gasteiger partial charge in [-0.15, -0.1) is 0 Å². The number of likely N-dealkylation sites (tertiary alicyclic amines) is 1. The molecule has 0 unspecified atom stereocenters. The second-order valence-corrected chi connectivity index (χ2v) is 13.0. The van der Waals surface area contributed by atoms with Gasteiger partial charge in [0.05, 0.1) is 17.4 Å². The lowest BCUT2D eigenvalue weighted by atomic mass is 9.77. The van der Waals surface area contributed by atoms with Gasteiger partial charge in [0.1, 0.15) is 12.4 Å². The van der Waals surface area contributed by atoms with Crippen LogP contribution in [0.15, 0.2) is 60.8 Å². The van der Waals surface area contributed by atoms with E-state index in [-0.39, 0.29) is 43.3 Å². The average molecular weight is 639 g/mol. The molecule has 0 radical (unpaired) electrons. The van der Waals surface area contributed by atoms with Crippen molar-refractivity contribution in [1.29, 1.82) is 0 Å². The molecule has 3 heterocycles. The fourth-order valence-electron chi connectivity index (χ4n) is 7.48. The van der Waals surface area contributed by atoms with Gasteiger partial charge >= 0.3 is 0 Å². The van der Waals surface area contributed by atoms with Gasteiger partial charge < -0.3 is 30.5 Å². The Morgan fingerprint density at radius 1 is 1.02 bits per heavy atom. The summed E-state index contributed by atoms with van der Waals surface area (Å²) in [6.45, 7) is 3.37. The smallest absolute Gasteiger partial charge is 0.244 e. The van der Waals surface area contributed by atoms with Crippen molar-refractivity contribution in [3.8, 4) is 0 Å². The Morgan fingerprint density at radius 2 is 1.77 bits per heavy atom. The summed E-state index contributed by atoms with van der Waals surface area (Å²) in [6, 6.07) is 17.4. The summed E-state index contributed by atoms with van der Waals surface area (Å²) >= 11 is 0. The molecule has 11 nitrogen and oxygen atoms in total. The summed E-state index contributed by atoms with van der Waals surface area (Å²) in [7, 11) is 3.45. The summed E-state index contributed by atoms with van der Waals surface area (Å²) in [6.07, 6.45) is 3.66.